The van der Waals surface area contributed by atoms with Crippen molar-refractivity contribution in [3.05, 3.63) is 29.3 Å². The number of nitrogens with zero attached hydrogens (tertiary/aromatic N) is 1. The summed E-state index contributed by atoms with van der Waals surface area (Å²) in [5.74, 6) is 0.290. The number of hydrogen-bond donors (Lipinski definition) is 1. The first-order valence-electron chi connectivity index (χ1n) is 8.96. The zero-order valence-electron chi connectivity index (χ0n) is 14.3. The number of carbonyl (C=O) groups is 1. The first-order chi connectivity index (χ1) is 11.9. The van der Waals surface area contributed by atoms with E-state index >= 15 is 0 Å². The Labute approximate surface area is 154 Å². The summed E-state index contributed by atoms with van der Waals surface area (Å²) in [5.41, 5.74) is 0.834. The van der Waals surface area contributed by atoms with Gasteiger partial charge in [-0.1, -0.05) is 30.9 Å². The lowest BCUT2D eigenvalue weighted by atomic mass is 9.93. The molecule has 5 nitrogen and oxygen atoms in total. The molecule has 25 heavy (non-hydrogen) atoms. The van der Waals surface area contributed by atoms with Gasteiger partial charge in [0.25, 0.3) is 0 Å². The molecule has 1 amide bonds. The first kappa shape index (κ1) is 18.5. The molecule has 1 aliphatic carbocycles. The third-order valence-electron chi connectivity index (χ3n) is 5.15. The lowest BCUT2D eigenvalue weighted by molar-refractivity contribution is -0.134. The van der Waals surface area contributed by atoms with E-state index in [1.807, 2.05) is 17.0 Å². The molecule has 1 saturated carbocycles. The van der Waals surface area contributed by atoms with Crippen LogP contribution in [0.5, 0.6) is 0 Å². The van der Waals surface area contributed by atoms with E-state index in [0.29, 0.717) is 11.4 Å². The fourth-order valence-corrected chi connectivity index (χ4v) is 5.73. The summed E-state index contributed by atoms with van der Waals surface area (Å²) in [6.45, 7) is 0.175. The topological polar surface area (TPSA) is 66.5 Å². The van der Waals surface area contributed by atoms with Crippen LogP contribution in [-0.2, 0) is 14.6 Å². The molecular weight excluding hydrogens is 360 g/mol. The molecule has 1 unspecified atom stereocenters. The van der Waals surface area contributed by atoms with Gasteiger partial charge in [-0.15, -0.1) is 0 Å². The van der Waals surface area contributed by atoms with Crippen LogP contribution in [0.25, 0.3) is 0 Å². The van der Waals surface area contributed by atoms with Crippen LogP contribution in [0.15, 0.2) is 24.3 Å². The summed E-state index contributed by atoms with van der Waals surface area (Å²) in [4.78, 5) is 14.8. The number of halogens is 1. The monoisotopic (exact) mass is 384 g/mol. The normalized spacial score (nSPS) is 23.3. The Hall–Kier alpha value is -1.27. The zero-order chi connectivity index (χ0) is 17.9. The average Bonchev–Trinajstić information content (AvgIpc) is 2.95. The fourth-order valence-electron chi connectivity index (χ4n) is 3.90. The molecule has 1 saturated heterocycles. The summed E-state index contributed by atoms with van der Waals surface area (Å²) in [5, 5.41) is 3.79. The van der Waals surface area contributed by atoms with Crippen LogP contribution in [0.3, 0.4) is 0 Å². The van der Waals surface area contributed by atoms with E-state index < -0.39 is 9.84 Å². The molecule has 1 N–H and O–H groups in total. The fraction of sp³-hybridized carbons (Fsp3) is 0.611. The van der Waals surface area contributed by atoms with Crippen molar-refractivity contribution in [1.82, 2.24) is 4.90 Å². The SMILES string of the molecule is O=C(CNc1ccc(Cl)cc1)N(C1CCCCC1)C1CCS(=O)(=O)C1. The van der Waals surface area contributed by atoms with Crippen LogP contribution in [0.4, 0.5) is 5.69 Å². The molecule has 1 aromatic carbocycles. The molecule has 1 aromatic rings. The summed E-state index contributed by atoms with van der Waals surface area (Å²) in [6, 6.07) is 7.22. The Bertz CT molecular complexity index is 700. The van der Waals surface area contributed by atoms with Gasteiger partial charge in [-0.3, -0.25) is 4.79 Å². The Morgan fingerprint density at radius 3 is 2.36 bits per heavy atom. The van der Waals surface area contributed by atoms with Crippen molar-refractivity contribution in [3.8, 4) is 0 Å². The van der Waals surface area contributed by atoms with Gasteiger partial charge in [-0.2, -0.15) is 0 Å². The maximum Gasteiger partial charge on any atom is 0.242 e. The minimum Gasteiger partial charge on any atom is -0.376 e. The van der Waals surface area contributed by atoms with Gasteiger partial charge in [0.15, 0.2) is 9.84 Å². The molecule has 1 aliphatic heterocycles. The Kier molecular flexibility index (Phi) is 5.89. The number of benzene rings is 1. The number of rotatable bonds is 5. The van der Waals surface area contributed by atoms with E-state index in [2.05, 4.69) is 5.32 Å². The van der Waals surface area contributed by atoms with Crippen molar-refractivity contribution in [3.63, 3.8) is 0 Å². The number of nitrogens with one attached hydrogen (secondary N) is 1. The van der Waals surface area contributed by atoms with Crippen molar-refractivity contribution >= 4 is 33.0 Å². The zero-order valence-corrected chi connectivity index (χ0v) is 15.9. The molecule has 0 bridgehead atoms. The van der Waals surface area contributed by atoms with Crippen LogP contribution in [0, 0.1) is 0 Å². The average molecular weight is 385 g/mol. The predicted molar refractivity (Wildman–Crippen MR) is 101 cm³/mol. The Balaban J connectivity index is 1.69. The van der Waals surface area contributed by atoms with E-state index in [0.717, 1.165) is 31.4 Å². The lowest BCUT2D eigenvalue weighted by Gasteiger charge is -2.38. The highest BCUT2D eigenvalue weighted by Gasteiger charge is 2.38. The van der Waals surface area contributed by atoms with Crippen LogP contribution in [0.2, 0.25) is 5.02 Å². The molecule has 2 fully saturated rings. The third kappa shape index (κ3) is 4.88. The van der Waals surface area contributed by atoms with Crippen molar-refractivity contribution in [1.29, 1.82) is 0 Å². The van der Waals surface area contributed by atoms with Crippen LogP contribution in [0.1, 0.15) is 38.5 Å². The number of anilines is 1. The highest BCUT2D eigenvalue weighted by molar-refractivity contribution is 7.91. The summed E-state index contributed by atoms with van der Waals surface area (Å²) >= 11 is 5.88. The van der Waals surface area contributed by atoms with E-state index in [9.17, 15) is 13.2 Å². The first-order valence-corrected chi connectivity index (χ1v) is 11.2. The van der Waals surface area contributed by atoms with E-state index in [4.69, 9.17) is 11.6 Å². The van der Waals surface area contributed by atoms with Crippen molar-refractivity contribution in [2.75, 3.05) is 23.4 Å². The largest absolute Gasteiger partial charge is 0.376 e. The molecule has 7 heteroatoms. The van der Waals surface area contributed by atoms with Crippen LogP contribution < -0.4 is 5.32 Å². The second-order valence-corrected chi connectivity index (χ2v) is 9.68. The van der Waals surface area contributed by atoms with Gasteiger partial charge < -0.3 is 10.2 Å². The van der Waals surface area contributed by atoms with Gasteiger partial charge >= 0.3 is 0 Å². The van der Waals surface area contributed by atoms with Crippen molar-refractivity contribution in [2.45, 2.75) is 50.6 Å². The molecule has 0 aromatic heterocycles. The van der Waals surface area contributed by atoms with Gasteiger partial charge in [0, 0.05) is 22.8 Å². The predicted octanol–water partition coefficient (Wildman–Crippen LogP) is 3.10. The quantitative estimate of drug-likeness (QED) is 0.847. The van der Waals surface area contributed by atoms with Gasteiger partial charge in [0.2, 0.25) is 5.91 Å². The molecule has 0 spiro atoms. The maximum atomic E-state index is 12.9. The second-order valence-electron chi connectivity index (χ2n) is 7.01. The molecular formula is C18H25ClN2O3S. The maximum absolute atomic E-state index is 12.9. The minimum atomic E-state index is -3.01. The minimum absolute atomic E-state index is 0.0102. The summed E-state index contributed by atoms with van der Waals surface area (Å²) in [7, 11) is -3.01. The van der Waals surface area contributed by atoms with Gasteiger partial charge in [-0.25, -0.2) is 8.42 Å². The Morgan fingerprint density at radius 2 is 1.76 bits per heavy atom. The third-order valence-corrected chi connectivity index (χ3v) is 7.15. The summed E-state index contributed by atoms with van der Waals surface area (Å²) in [6.07, 6.45) is 5.93. The highest BCUT2D eigenvalue weighted by atomic mass is 35.5. The number of sulfone groups is 1. The lowest BCUT2D eigenvalue weighted by Crippen LogP contribution is -2.50. The Morgan fingerprint density at radius 1 is 1.08 bits per heavy atom. The van der Waals surface area contributed by atoms with Crippen molar-refractivity contribution in [2.24, 2.45) is 0 Å². The molecule has 138 valence electrons. The molecule has 0 radical (unpaired) electrons. The molecule has 3 rings (SSSR count). The van der Waals surface area contributed by atoms with E-state index in [-0.39, 0.29) is 36.0 Å². The number of hydrogen-bond acceptors (Lipinski definition) is 4. The van der Waals surface area contributed by atoms with Gasteiger partial charge in [0.05, 0.1) is 18.1 Å². The molecule has 2 aliphatic rings. The van der Waals surface area contributed by atoms with Crippen molar-refractivity contribution < 1.29 is 13.2 Å². The van der Waals surface area contributed by atoms with Gasteiger partial charge in [0.1, 0.15) is 0 Å². The van der Waals surface area contributed by atoms with Gasteiger partial charge in [-0.05, 0) is 43.5 Å². The van der Waals surface area contributed by atoms with Crippen LogP contribution in [-0.4, -0.2) is 49.4 Å². The summed E-state index contributed by atoms with van der Waals surface area (Å²) < 4.78 is 23.8. The smallest absolute Gasteiger partial charge is 0.242 e. The number of carbonyl (C=O) groups excluding carboxylic acids is 1. The number of amides is 1. The second kappa shape index (κ2) is 7.96. The van der Waals surface area contributed by atoms with E-state index in [1.54, 1.807) is 12.1 Å². The molecule has 1 atom stereocenters. The van der Waals surface area contributed by atoms with E-state index in [1.165, 1.54) is 6.42 Å². The highest BCUT2D eigenvalue weighted by Crippen LogP contribution is 2.28. The van der Waals surface area contributed by atoms with Crippen LogP contribution >= 0.6 is 11.6 Å². The standard InChI is InChI=1S/C18H25ClN2O3S/c19-14-6-8-15(9-7-14)20-12-18(22)21(16-4-2-1-3-5-16)17-10-11-25(23,24)13-17/h6-9,16-17,20H,1-5,10-13H2. The molecule has 1 heterocycles.